The number of halogens is 9. The molecule has 3 heterocycles. The van der Waals surface area contributed by atoms with E-state index in [1.54, 1.807) is 6.08 Å². The van der Waals surface area contributed by atoms with Crippen LogP contribution in [0.1, 0.15) is 35.6 Å². The van der Waals surface area contributed by atoms with Crippen molar-refractivity contribution >= 4 is 69.9 Å². The van der Waals surface area contributed by atoms with Gasteiger partial charge in [-0.1, -0.05) is 58.6 Å². The van der Waals surface area contributed by atoms with E-state index in [1.807, 2.05) is 0 Å². The SMILES string of the molecule is COc1ccc(C23C(=O)N(Nc4ccc(Cl)cc4Cl)C(=O)C2CC2C(=CCC4C(=O)N(N(C)c5nc(C(F)(F)F)ccc5Cl)C(=O)C42)C3c2cc(OC(F)(F)F)ccc2O)cc1. The Morgan fingerprint density at radius 1 is 0.855 bits per heavy atom. The Kier molecular flexibility index (Phi) is 10.6. The molecular weight excluding hydrogens is 895 g/mol. The van der Waals surface area contributed by atoms with E-state index in [0.717, 1.165) is 36.3 Å². The van der Waals surface area contributed by atoms with Gasteiger partial charge in [0.1, 0.15) is 22.9 Å². The van der Waals surface area contributed by atoms with Crippen molar-refractivity contribution in [2.45, 2.75) is 36.7 Å². The summed E-state index contributed by atoms with van der Waals surface area (Å²) < 4.78 is 91.9. The lowest BCUT2D eigenvalue weighted by Crippen LogP contribution is -2.53. The molecule has 2 aliphatic heterocycles. The van der Waals surface area contributed by atoms with Gasteiger partial charge in [0.2, 0.25) is 0 Å². The number of ether oxygens (including phenoxy) is 2. The number of carbonyl (C=O) groups is 4. The lowest BCUT2D eigenvalue weighted by molar-refractivity contribution is -0.274. The topological polar surface area (TPSA) is 142 Å². The van der Waals surface area contributed by atoms with Gasteiger partial charge in [0.25, 0.3) is 23.6 Å². The number of anilines is 2. The standard InChI is InChI=1S/C41H30Cl3F6N5O7/c1-53(34-27(43)11-14-31(51-34)40(45,46)47)55-35(57)23-10-9-22-24(32(23)37(55)59)17-26-36(58)54(52-29-12-5-19(42)15-28(29)44)38(60)39(26,18-3-6-20(61-2)7-4-18)33(22)25-16-21(8-13-30(25)56)62-41(48,49)50/h3-9,11-16,23-24,26,32-33,52,56H,10,17H2,1-2H3. The Morgan fingerprint density at radius 2 is 1.55 bits per heavy atom. The number of phenolic OH excluding ortho intramolecular Hbond substituents is 1. The number of hydrazine groups is 2. The molecule has 8 rings (SSSR count). The summed E-state index contributed by atoms with van der Waals surface area (Å²) in [6.07, 6.45) is -9.09. The van der Waals surface area contributed by atoms with Gasteiger partial charge < -0.3 is 14.6 Å². The molecule has 0 bridgehead atoms. The van der Waals surface area contributed by atoms with Gasteiger partial charge in [-0.25, -0.2) is 4.98 Å². The van der Waals surface area contributed by atoms with E-state index < -0.39 is 94.2 Å². The normalized spacial score (nSPS) is 24.7. The summed E-state index contributed by atoms with van der Waals surface area (Å²) in [6, 6.07) is 14.4. The largest absolute Gasteiger partial charge is 0.573 e. The van der Waals surface area contributed by atoms with Crippen LogP contribution in [0.2, 0.25) is 15.1 Å². The van der Waals surface area contributed by atoms with Crippen LogP contribution in [-0.2, 0) is 30.8 Å². The average Bonchev–Trinajstić information content (AvgIpc) is 3.59. The molecule has 21 heteroatoms. The first kappa shape index (κ1) is 42.9. The van der Waals surface area contributed by atoms with Gasteiger partial charge in [0.15, 0.2) is 5.82 Å². The maximum absolute atomic E-state index is 15.5. The van der Waals surface area contributed by atoms with E-state index in [4.69, 9.17) is 39.5 Å². The number of rotatable bonds is 8. The van der Waals surface area contributed by atoms with Crippen LogP contribution in [0.4, 0.5) is 37.8 Å². The third kappa shape index (κ3) is 6.91. The summed E-state index contributed by atoms with van der Waals surface area (Å²) in [5.74, 6) is -11.8. The third-order valence-electron chi connectivity index (χ3n) is 11.8. The van der Waals surface area contributed by atoms with E-state index >= 15 is 4.79 Å². The second-order valence-corrected chi connectivity index (χ2v) is 16.2. The van der Waals surface area contributed by atoms with Crippen LogP contribution in [0.3, 0.4) is 0 Å². The molecule has 1 saturated carbocycles. The van der Waals surface area contributed by atoms with Crippen LogP contribution in [0.25, 0.3) is 0 Å². The molecule has 4 aliphatic rings. The van der Waals surface area contributed by atoms with Crippen molar-refractivity contribution in [1.29, 1.82) is 0 Å². The molecule has 6 atom stereocenters. The predicted octanol–water partition coefficient (Wildman–Crippen LogP) is 8.71. The summed E-state index contributed by atoms with van der Waals surface area (Å²) in [5.41, 5.74) is -0.514. The molecule has 3 fully saturated rings. The second-order valence-electron chi connectivity index (χ2n) is 15.0. The van der Waals surface area contributed by atoms with E-state index in [1.165, 1.54) is 49.6 Å². The number of carbonyl (C=O) groups excluding carboxylic acids is 4. The molecule has 6 unspecified atom stereocenters. The highest BCUT2D eigenvalue weighted by molar-refractivity contribution is 6.36. The number of nitrogens with one attached hydrogen (secondary N) is 1. The van der Waals surface area contributed by atoms with E-state index in [-0.39, 0.29) is 50.3 Å². The fourth-order valence-electron chi connectivity index (χ4n) is 9.34. The van der Waals surface area contributed by atoms with Crippen molar-refractivity contribution in [2.24, 2.45) is 23.7 Å². The molecule has 1 aromatic heterocycles. The first-order chi connectivity index (χ1) is 29.2. The number of aromatic nitrogens is 1. The highest BCUT2D eigenvalue weighted by Gasteiger charge is 2.71. The summed E-state index contributed by atoms with van der Waals surface area (Å²) in [4.78, 5) is 62.9. The first-order valence-corrected chi connectivity index (χ1v) is 19.7. The molecule has 2 N–H and O–H groups in total. The first-order valence-electron chi connectivity index (χ1n) is 18.6. The van der Waals surface area contributed by atoms with Crippen LogP contribution in [-0.4, -0.2) is 64.3 Å². The van der Waals surface area contributed by atoms with Crippen molar-refractivity contribution < 1.29 is 60.1 Å². The van der Waals surface area contributed by atoms with Crippen molar-refractivity contribution in [3.05, 3.63) is 116 Å². The van der Waals surface area contributed by atoms with Crippen molar-refractivity contribution in [2.75, 3.05) is 24.6 Å². The molecule has 12 nitrogen and oxygen atoms in total. The monoisotopic (exact) mass is 923 g/mol. The Bertz CT molecular complexity index is 2580. The minimum absolute atomic E-state index is 0.00604. The lowest BCUT2D eigenvalue weighted by Gasteiger charge is -2.50. The minimum Gasteiger partial charge on any atom is -0.508 e. The van der Waals surface area contributed by atoms with Crippen LogP contribution in [0.15, 0.2) is 84.4 Å². The molecule has 4 aromatic rings. The number of phenols is 1. The summed E-state index contributed by atoms with van der Waals surface area (Å²) >= 11 is 18.8. The van der Waals surface area contributed by atoms with Gasteiger partial charge >= 0.3 is 12.5 Å². The van der Waals surface area contributed by atoms with E-state index in [0.29, 0.717) is 21.8 Å². The molecule has 62 heavy (non-hydrogen) atoms. The number of pyridine rings is 1. The number of hydrogen-bond acceptors (Lipinski definition) is 10. The highest BCUT2D eigenvalue weighted by Crippen LogP contribution is 2.65. The summed E-state index contributed by atoms with van der Waals surface area (Å²) in [5, 5.41) is 13.7. The number of alkyl halides is 6. The van der Waals surface area contributed by atoms with Crippen LogP contribution >= 0.6 is 34.8 Å². The minimum atomic E-state index is -5.20. The number of amides is 4. The van der Waals surface area contributed by atoms with Gasteiger partial charge in [0, 0.05) is 23.6 Å². The van der Waals surface area contributed by atoms with E-state index in [2.05, 4.69) is 15.1 Å². The highest BCUT2D eigenvalue weighted by atomic mass is 35.5. The summed E-state index contributed by atoms with van der Waals surface area (Å²) in [7, 11) is 2.52. The number of fused-ring (bicyclic) bond motifs is 4. The fourth-order valence-corrected chi connectivity index (χ4v) is 10.0. The number of allylic oxidation sites excluding steroid dienone is 2. The predicted molar refractivity (Wildman–Crippen MR) is 210 cm³/mol. The average molecular weight is 925 g/mol. The maximum Gasteiger partial charge on any atom is 0.573 e. The van der Waals surface area contributed by atoms with Crippen LogP contribution in [0.5, 0.6) is 17.2 Å². The zero-order chi connectivity index (χ0) is 44.8. The smallest absolute Gasteiger partial charge is 0.508 e. The zero-order valence-electron chi connectivity index (χ0n) is 31.9. The van der Waals surface area contributed by atoms with Crippen molar-refractivity contribution in [1.82, 2.24) is 15.0 Å². The Balaban J connectivity index is 1.32. The number of aromatic hydroxyl groups is 1. The van der Waals surface area contributed by atoms with Gasteiger partial charge in [0.05, 0.1) is 46.0 Å². The quantitative estimate of drug-likeness (QED) is 0.100. The van der Waals surface area contributed by atoms with Crippen molar-refractivity contribution in [3.8, 4) is 17.2 Å². The number of hydrogen-bond donors (Lipinski definition) is 2. The third-order valence-corrected chi connectivity index (χ3v) is 12.7. The number of imide groups is 2. The number of nitrogens with zero attached hydrogens (tertiary/aromatic N) is 4. The Morgan fingerprint density at radius 3 is 2.19 bits per heavy atom. The molecule has 0 spiro atoms. The van der Waals surface area contributed by atoms with Crippen molar-refractivity contribution in [3.63, 3.8) is 0 Å². The molecular formula is C41H30Cl3F6N5O7. The molecule has 2 aliphatic carbocycles. The molecule has 3 aromatic carbocycles. The Labute approximate surface area is 362 Å². The fraction of sp³-hybridized carbons (Fsp3) is 0.293. The second kappa shape index (κ2) is 15.3. The van der Waals surface area contributed by atoms with Crippen LogP contribution in [0, 0.1) is 23.7 Å². The zero-order valence-corrected chi connectivity index (χ0v) is 34.2. The number of methoxy groups -OCH3 is 1. The molecule has 0 radical (unpaired) electrons. The van der Waals surface area contributed by atoms with Gasteiger partial charge in [-0.15, -0.1) is 13.2 Å². The maximum atomic E-state index is 15.5. The van der Waals surface area contributed by atoms with E-state index in [9.17, 15) is 45.8 Å². The van der Waals surface area contributed by atoms with Gasteiger partial charge in [-0.3, -0.25) is 29.6 Å². The molecule has 2 saturated heterocycles. The van der Waals surface area contributed by atoms with Gasteiger partial charge in [-0.05, 0) is 85.0 Å². The van der Waals surface area contributed by atoms with Gasteiger partial charge in [-0.2, -0.15) is 23.2 Å². The van der Waals surface area contributed by atoms with Crippen LogP contribution < -0.4 is 19.9 Å². The number of benzene rings is 3. The molecule has 4 amide bonds. The summed E-state index contributed by atoms with van der Waals surface area (Å²) in [6.45, 7) is 0. The Hall–Kier alpha value is -5.72. The molecule has 324 valence electrons. The lowest BCUT2D eigenvalue weighted by atomic mass is 9.49.